The Morgan fingerprint density at radius 1 is 1.41 bits per heavy atom. The average Bonchev–Trinajstić information content (AvgIpc) is 2.71. The minimum absolute atomic E-state index is 0.0932. The maximum atomic E-state index is 12.9. The number of hydrogen-bond donors (Lipinski definition) is 0. The maximum Gasteiger partial charge on any atom is 0.233 e. The summed E-state index contributed by atoms with van der Waals surface area (Å²) in [5.41, 5.74) is 1.02. The first-order valence-electron chi connectivity index (χ1n) is 5.76. The fourth-order valence-corrected chi connectivity index (χ4v) is 2.77. The lowest BCUT2D eigenvalue weighted by Gasteiger charge is -2.28. The smallest absolute Gasteiger partial charge is 0.233 e. The Bertz CT molecular complexity index is 406. The van der Waals surface area contributed by atoms with E-state index in [4.69, 9.17) is 0 Å². The van der Waals surface area contributed by atoms with E-state index in [1.54, 1.807) is 12.1 Å². The minimum atomic E-state index is -0.238. The van der Waals surface area contributed by atoms with E-state index in [2.05, 4.69) is 22.9 Å². The molecule has 0 N–H and O–H groups in total. The molecular formula is C13H15BrFNO. The molecule has 0 spiro atoms. The van der Waals surface area contributed by atoms with E-state index in [0.29, 0.717) is 5.33 Å². The molecule has 4 heteroatoms. The van der Waals surface area contributed by atoms with Crippen LogP contribution >= 0.6 is 15.9 Å². The van der Waals surface area contributed by atoms with Gasteiger partial charge in [-0.25, -0.2) is 4.39 Å². The third kappa shape index (κ3) is 2.51. The molecule has 1 aromatic carbocycles. The molecule has 1 aromatic rings. The second kappa shape index (κ2) is 5.17. The standard InChI is InChI=1S/C13H15BrFNO/c1-9-2-7-12(16(9)13(17)8-14)10-3-5-11(15)6-4-10/h3-6,9,12H,2,7-8H2,1H3. The van der Waals surface area contributed by atoms with Crippen LogP contribution in [0.25, 0.3) is 0 Å². The lowest BCUT2D eigenvalue weighted by Crippen LogP contribution is -2.36. The lowest BCUT2D eigenvalue weighted by atomic mass is 10.0. The SMILES string of the molecule is CC1CCC(c2ccc(F)cc2)N1C(=O)CBr. The number of benzene rings is 1. The first-order valence-corrected chi connectivity index (χ1v) is 6.88. The number of halogens is 2. The van der Waals surface area contributed by atoms with Crippen LogP contribution in [0.3, 0.4) is 0 Å². The average molecular weight is 300 g/mol. The summed E-state index contributed by atoms with van der Waals surface area (Å²) in [4.78, 5) is 13.8. The van der Waals surface area contributed by atoms with Crippen LogP contribution in [-0.4, -0.2) is 22.2 Å². The number of amides is 1. The predicted octanol–water partition coefficient (Wildman–Crippen LogP) is 3.27. The highest BCUT2D eigenvalue weighted by atomic mass is 79.9. The Morgan fingerprint density at radius 2 is 2.06 bits per heavy atom. The molecular weight excluding hydrogens is 285 g/mol. The molecule has 1 fully saturated rings. The van der Waals surface area contributed by atoms with E-state index >= 15 is 0 Å². The van der Waals surface area contributed by atoms with E-state index < -0.39 is 0 Å². The largest absolute Gasteiger partial charge is 0.332 e. The summed E-state index contributed by atoms with van der Waals surface area (Å²) in [6, 6.07) is 6.80. The van der Waals surface area contributed by atoms with Gasteiger partial charge >= 0.3 is 0 Å². The fraction of sp³-hybridized carbons (Fsp3) is 0.462. The Kier molecular flexibility index (Phi) is 3.82. The fourth-order valence-electron chi connectivity index (χ4n) is 2.49. The van der Waals surface area contributed by atoms with E-state index in [1.165, 1.54) is 12.1 Å². The molecule has 1 aliphatic rings. The molecule has 0 aromatic heterocycles. The van der Waals surface area contributed by atoms with Crippen LogP contribution in [0.5, 0.6) is 0 Å². The van der Waals surface area contributed by atoms with Crippen LogP contribution in [0.2, 0.25) is 0 Å². The van der Waals surface area contributed by atoms with Gasteiger partial charge in [-0.3, -0.25) is 4.79 Å². The lowest BCUT2D eigenvalue weighted by molar-refractivity contribution is -0.130. The molecule has 17 heavy (non-hydrogen) atoms. The van der Waals surface area contributed by atoms with E-state index in [-0.39, 0.29) is 23.8 Å². The van der Waals surface area contributed by atoms with Crippen LogP contribution in [-0.2, 0) is 4.79 Å². The van der Waals surface area contributed by atoms with Crippen molar-refractivity contribution in [2.24, 2.45) is 0 Å². The van der Waals surface area contributed by atoms with Gasteiger partial charge in [-0.05, 0) is 37.5 Å². The zero-order valence-corrected chi connectivity index (χ0v) is 11.3. The van der Waals surface area contributed by atoms with Crippen molar-refractivity contribution < 1.29 is 9.18 Å². The second-order valence-corrected chi connectivity index (χ2v) is 4.99. The third-order valence-electron chi connectivity index (χ3n) is 3.33. The summed E-state index contributed by atoms with van der Waals surface area (Å²) in [7, 11) is 0. The van der Waals surface area contributed by atoms with Crippen LogP contribution in [0.4, 0.5) is 4.39 Å². The van der Waals surface area contributed by atoms with Crippen molar-refractivity contribution in [1.29, 1.82) is 0 Å². The van der Waals surface area contributed by atoms with Gasteiger partial charge in [0, 0.05) is 6.04 Å². The minimum Gasteiger partial charge on any atom is -0.332 e. The van der Waals surface area contributed by atoms with Gasteiger partial charge < -0.3 is 4.90 Å². The topological polar surface area (TPSA) is 20.3 Å². The molecule has 1 heterocycles. The van der Waals surface area contributed by atoms with Crippen molar-refractivity contribution in [3.63, 3.8) is 0 Å². The van der Waals surface area contributed by atoms with Gasteiger partial charge in [-0.1, -0.05) is 28.1 Å². The normalized spacial score (nSPS) is 24.1. The zero-order chi connectivity index (χ0) is 12.4. The third-order valence-corrected chi connectivity index (χ3v) is 3.81. The first-order chi connectivity index (χ1) is 8.13. The summed E-state index contributed by atoms with van der Waals surface area (Å²) in [5, 5.41) is 0.342. The molecule has 0 bridgehead atoms. The monoisotopic (exact) mass is 299 g/mol. The maximum absolute atomic E-state index is 12.9. The van der Waals surface area contributed by atoms with Gasteiger partial charge in [0.25, 0.3) is 0 Å². The summed E-state index contributed by atoms with van der Waals surface area (Å²) in [6.45, 7) is 2.06. The Morgan fingerprint density at radius 3 is 2.65 bits per heavy atom. The molecule has 0 radical (unpaired) electrons. The number of alkyl halides is 1. The first kappa shape index (κ1) is 12.6. The molecule has 2 rings (SSSR count). The molecule has 0 saturated carbocycles. The number of rotatable bonds is 2. The highest BCUT2D eigenvalue weighted by molar-refractivity contribution is 9.09. The van der Waals surface area contributed by atoms with Gasteiger partial charge in [0.15, 0.2) is 0 Å². The molecule has 1 saturated heterocycles. The number of hydrogen-bond acceptors (Lipinski definition) is 1. The van der Waals surface area contributed by atoms with Crippen LogP contribution < -0.4 is 0 Å². The predicted molar refractivity (Wildman–Crippen MR) is 68.5 cm³/mol. The summed E-state index contributed by atoms with van der Waals surface area (Å²) in [5.74, 6) is -0.137. The van der Waals surface area contributed by atoms with Crippen molar-refractivity contribution in [3.8, 4) is 0 Å². The van der Waals surface area contributed by atoms with Gasteiger partial charge in [0.2, 0.25) is 5.91 Å². The van der Waals surface area contributed by atoms with Crippen LogP contribution in [0.1, 0.15) is 31.4 Å². The Labute approximate surface area is 109 Å². The van der Waals surface area contributed by atoms with Crippen molar-refractivity contribution in [2.45, 2.75) is 31.8 Å². The number of carbonyl (C=O) groups excluding carboxylic acids is 1. The quantitative estimate of drug-likeness (QED) is 0.768. The molecule has 2 unspecified atom stereocenters. The number of nitrogens with zero attached hydrogens (tertiary/aromatic N) is 1. The molecule has 92 valence electrons. The molecule has 1 amide bonds. The van der Waals surface area contributed by atoms with Crippen LogP contribution in [0, 0.1) is 5.82 Å². The van der Waals surface area contributed by atoms with E-state index in [0.717, 1.165) is 18.4 Å². The molecule has 0 aliphatic carbocycles. The van der Waals surface area contributed by atoms with Crippen molar-refractivity contribution in [1.82, 2.24) is 4.90 Å². The second-order valence-electron chi connectivity index (χ2n) is 4.43. The highest BCUT2D eigenvalue weighted by Crippen LogP contribution is 2.36. The summed E-state index contributed by atoms with van der Waals surface area (Å²) < 4.78 is 12.9. The molecule has 2 nitrogen and oxygen atoms in total. The Balaban J connectivity index is 2.25. The molecule has 2 atom stereocenters. The van der Waals surface area contributed by atoms with Gasteiger partial charge in [0.05, 0.1) is 11.4 Å². The van der Waals surface area contributed by atoms with E-state index in [9.17, 15) is 9.18 Å². The van der Waals surface area contributed by atoms with Gasteiger partial charge in [-0.15, -0.1) is 0 Å². The molecule has 1 aliphatic heterocycles. The van der Waals surface area contributed by atoms with Gasteiger partial charge in [0.1, 0.15) is 5.82 Å². The Hall–Kier alpha value is -0.900. The van der Waals surface area contributed by atoms with Crippen molar-refractivity contribution in [2.75, 3.05) is 5.33 Å². The zero-order valence-electron chi connectivity index (χ0n) is 9.70. The van der Waals surface area contributed by atoms with E-state index in [1.807, 2.05) is 4.90 Å². The van der Waals surface area contributed by atoms with Crippen molar-refractivity contribution >= 4 is 21.8 Å². The van der Waals surface area contributed by atoms with Crippen molar-refractivity contribution in [3.05, 3.63) is 35.6 Å². The number of likely N-dealkylation sites (tertiary alicyclic amines) is 1. The van der Waals surface area contributed by atoms with Gasteiger partial charge in [-0.2, -0.15) is 0 Å². The summed E-state index contributed by atoms with van der Waals surface area (Å²) in [6.07, 6.45) is 1.95. The van der Waals surface area contributed by atoms with Crippen LogP contribution in [0.15, 0.2) is 24.3 Å². The number of carbonyl (C=O) groups is 1. The summed E-state index contributed by atoms with van der Waals surface area (Å²) >= 11 is 3.21. The highest BCUT2D eigenvalue weighted by Gasteiger charge is 2.34.